The Kier molecular flexibility index (Phi) is 6.36. The first-order valence-corrected chi connectivity index (χ1v) is 8.71. The van der Waals surface area contributed by atoms with E-state index in [1.807, 2.05) is 37.3 Å². The van der Waals surface area contributed by atoms with Gasteiger partial charge in [0.15, 0.2) is 0 Å². The quantitative estimate of drug-likeness (QED) is 0.447. The number of carbonyl (C=O) groups excluding carboxylic acids is 2. The molecule has 122 valence electrons. The molecule has 1 heterocycles. The van der Waals surface area contributed by atoms with Gasteiger partial charge in [-0.3, -0.25) is 14.5 Å². The number of rotatable bonds is 6. The summed E-state index contributed by atoms with van der Waals surface area (Å²) in [6.07, 6.45) is 2.69. The summed E-state index contributed by atoms with van der Waals surface area (Å²) in [5.74, 6) is -0.336. The Morgan fingerprint density at radius 2 is 2.04 bits per heavy atom. The molecule has 0 aliphatic carbocycles. The van der Waals surface area contributed by atoms with Gasteiger partial charge in [-0.25, -0.2) is 0 Å². The van der Waals surface area contributed by atoms with Crippen LogP contribution in [0.3, 0.4) is 0 Å². The van der Waals surface area contributed by atoms with Crippen LogP contribution in [0.25, 0.3) is 6.08 Å². The fourth-order valence-corrected chi connectivity index (χ4v) is 3.43. The number of aryl methyl sites for hydroxylation is 1. The third-order valence-electron chi connectivity index (χ3n) is 3.32. The van der Waals surface area contributed by atoms with Crippen molar-refractivity contribution in [1.82, 2.24) is 4.90 Å². The number of amides is 1. The number of benzene rings is 1. The average Bonchev–Trinajstić information content (AvgIpc) is 2.77. The van der Waals surface area contributed by atoms with Gasteiger partial charge >= 0.3 is 5.97 Å². The molecular formula is C17H19NO3S2. The maximum Gasteiger partial charge on any atom is 0.305 e. The van der Waals surface area contributed by atoms with Crippen LogP contribution in [0.15, 0.2) is 29.2 Å². The Hall–Kier alpha value is -1.66. The predicted molar refractivity (Wildman–Crippen MR) is 96.9 cm³/mol. The Morgan fingerprint density at radius 1 is 1.35 bits per heavy atom. The van der Waals surface area contributed by atoms with Crippen LogP contribution in [-0.4, -0.2) is 34.2 Å². The molecule has 23 heavy (non-hydrogen) atoms. The van der Waals surface area contributed by atoms with E-state index in [0.29, 0.717) is 35.2 Å². The minimum absolute atomic E-state index is 0.0931. The number of ether oxygens (including phenoxy) is 1. The number of hydrogen-bond acceptors (Lipinski definition) is 5. The Balaban J connectivity index is 1.96. The smallest absolute Gasteiger partial charge is 0.305 e. The number of thiocarbonyl (C=S) groups is 1. The largest absolute Gasteiger partial charge is 0.466 e. The predicted octanol–water partition coefficient (Wildman–Crippen LogP) is 3.54. The highest BCUT2D eigenvalue weighted by atomic mass is 32.2. The fraction of sp³-hybridized carbons (Fsp3) is 0.353. The van der Waals surface area contributed by atoms with Crippen molar-refractivity contribution in [2.45, 2.75) is 26.7 Å². The summed E-state index contributed by atoms with van der Waals surface area (Å²) in [7, 11) is 0. The van der Waals surface area contributed by atoms with Crippen LogP contribution in [0, 0.1) is 6.92 Å². The third-order valence-corrected chi connectivity index (χ3v) is 4.69. The molecule has 6 heteroatoms. The van der Waals surface area contributed by atoms with Crippen LogP contribution in [0.1, 0.15) is 30.9 Å². The van der Waals surface area contributed by atoms with Gasteiger partial charge in [-0.15, -0.1) is 0 Å². The van der Waals surface area contributed by atoms with Crippen LogP contribution in [0.5, 0.6) is 0 Å². The molecule has 2 rings (SSSR count). The van der Waals surface area contributed by atoms with Crippen LogP contribution >= 0.6 is 24.0 Å². The van der Waals surface area contributed by atoms with E-state index in [1.54, 1.807) is 11.8 Å². The second-order valence-corrected chi connectivity index (χ2v) is 6.83. The molecule has 0 bridgehead atoms. The fourth-order valence-electron chi connectivity index (χ4n) is 2.12. The standard InChI is InChI=1S/C17H19NO3S2/c1-3-21-15(19)5-4-10-18-16(20)14(23-17(18)22)11-13-8-6-12(2)7-9-13/h6-9,11H,3-5,10H2,1-2H3/b14-11-. The van der Waals surface area contributed by atoms with Gasteiger partial charge in [0.1, 0.15) is 4.32 Å². The van der Waals surface area contributed by atoms with Gasteiger partial charge in [0.25, 0.3) is 5.91 Å². The molecular weight excluding hydrogens is 330 g/mol. The summed E-state index contributed by atoms with van der Waals surface area (Å²) in [4.78, 5) is 25.9. The average molecular weight is 349 g/mol. The lowest BCUT2D eigenvalue weighted by Crippen LogP contribution is -2.29. The minimum atomic E-state index is -0.242. The lowest BCUT2D eigenvalue weighted by atomic mass is 10.1. The zero-order valence-corrected chi connectivity index (χ0v) is 14.8. The van der Waals surface area contributed by atoms with Crippen molar-refractivity contribution in [3.8, 4) is 0 Å². The lowest BCUT2D eigenvalue weighted by molar-refractivity contribution is -0.143. The first kappa shape index (κ1) is 17.7. The Morgan fingerprint density at radius 3 is 2.70 bits per heavy atom. The van der Waals surface area contributed by atoms with Crippen molar-refractivity contribution < 1.29 is 14.3 Å². The molecule has 1 aromatic carbocycles. The van der Waals surface area contributed by atoms with Crippen LogP contribution in [0.4, 0.5) is 0 Å². The SMILES string of the molecule is CCOC(=O)CCCN1C(=O)/C(=C/c2ccc(C)cc2)SC1=S. The van der Waals surface area contributed by atoms with Gasteiger partial charge in [-0.05, 0) is 31.9 Å². The van der Waals surface area contributed by atoms with Gasteiger partial charge in [-0.1, -0.05) is 53.8 Å². The number of nitrogens with zero attached hydrogens (tertiary/aromatic N) is 1. The van der Waals surface area contributed by atoms with E-state index in [2.05, 4.69) is 0 Å². The molecule has 0 radical (unpaired) electrons. The third kappa shape index (κ3) is 4.91. The van der Waals surface area contributed by atoms with E-state index >= 15 is 0 Å². The normalized spacial score (nSPS) is 16.3. The monoisotopic (exact) mass is 349 g/mol. The molecule has 1 aliphatic heterocycles. The van der Waals surface area contributed by atoms with Crippen molar-refractivity contribution in [2.75, 3.05) is 13.2 Å². The maximum absolute atomic E-state index is 12.4. The summed E-state index contributed by atoms with van der Waals surface area (Å²) < 4.78 is 5.42. The maximum atomic E-state index is 12.4. The summed E-state index contributed by atoms with van der Waals surface area (Å²) in [5, 5.41) is 0. The zero-order chi connectivity index (χ0) is 16.8. The van der Waals surface area contributed by atoms with Crippen molar-refractivity contribution in [2.24, 2.45) is 0 Å². The first-order chi connectivity index (χ1) is 11.0. The molecule has 1 aliphatic rings. The molecule has 0 unspecified atom stereocenters. The number of hydrogen-bond donors (Lipinski definition) is 0. The van der Waals surface area contributed by atoms with Gasteiger partial charge in [-0.2, -0.15) is 0 Å². The number of carbonyl (C=O) groups is 2. The van der Waals surface area contributed by atoms with E-state index in [9.17, 15) is 9.59 Å². The highest BCUT2D eigenvalue weighted by molar-refractivity contribution is 8.26. The highest BCUT2D eigenvalue weighted by Crippen LogP contribution is 2.32. The summed E-state index contributed by atoms with van der Waals surface area (Å²) in [6.45, 7) is 4.61. The molecule has 0 N–H and O–H groups in total. The molecule has 0 atom stereocenters. The van der Waals surface area contributed by atoms with Gasteiger partial charge in [0.2, 0.25) is 0 Å². The molecule has 0 saturated carbocycles. The molecule has 1 fully saturated rings. The molecule has 1 aromatic rings. The summed E-state index contributed by atoms with van der Waals surface area (Å²) in [5.41, 5.74) is 2.15. The van der Waals surface area contributed by atoms with E-state index in [4.69, 9.17) is 17.0 Å². The van der Waals surface area contributed by atoms with Crippen LogP contribution in [-0.2, 0) is 14.3 Å². The minimum Gasteiger partial charge on any atom is -0.466 e. The second-order valence-electron chi connectivity index (χ2n) is 5.15. The van der Waals surface area contributed by atoms with Gasteiger partial charge in [0, 0.05) is 13.0 Å². The first-order valence-electron chi connectivity index (χ1n) is 7.49. The van der Waals surface area contributed by atoms with Gasteiger partial charge in [0.05, 0.1) is 11.5 Å². The van der Waals surface area contributed by atoms with E-state index in [-0.39, 0.29) is 11.9 Å². The summed E-state index contributed by atoms with van der Waals surface area (Å²) in [6, 6.07) is 7.96. The molecule has 0 aromatic heterocycles. The van der Waals surface area contributed by atoms with Crippen molar-refractivity contribution >= 4 is 46.3 Å². The number of esters is 1. The molecule has 0 spiro atoms. The Labute approximate surface area is 145 Å². The second kappa shape index (κ2) is 8.26. The molecule has 1 amide bonds. The van der Waals surface area contributed by atoms with Crippen LogP contribution < -0.4 is 0 Å². The van der Waals surface area contributed by atoms with Crippen molar-refractivity contribution in [1.29, 1.82) is 0 Å². The van der Waals surface area contributed by atoms with Crippen LogP contribution in [0.2, 0.25) is 0 Å². The highest BCUT2D eigenvalue weighted by Gasteiger charge is 2.31. The van der Waals surface area contributed by atoms with Gasteiger partial charge < -0.3 is 4.74 Å². The number of thioether (sulfide) groups is 1. The molecule has 4 nitrogen and oxygen atoms in total. The Bertz CT molecular complexity index is 638. The van der Waals surface area contributed by atoms with E-state index in [1.165, 1.54) is 17.3 Å². The van der Waals surface area contributed by atoms with E-state index in [0.717, 1.165) is 5.56 Å². The summed E-state index contributed by atoms with van der Waals surface area (Å²) >= 11 is 6.58. The zero-order valence-electron chi connectivity index (χ0n) is 13.2. The van der Waals surface area contributed by atoms with Crippen molar-refractivity contribution in [3.05, 3.63) is 40.3 Å². The topological polar surface area (TPSA) is 46.6 Å². The lowest BCUT2D eigenvalue weighted by Gasteiger charge is -2.13. The van der Waals surface area contributed by atoms with Crippen molar-refractivity contribution in [3.63, 3.8) is 0 Å². The molecule has 1 saturated heterocycles. The van der Waals surface area contributed by atoms with E-state index < -0.39 is 0 Å².